The summed E-state index contributed by atoms with van der Waals surface area (Å²) in [6.45, 7) is 0.290. The molecule has 126 valence electrons. The van der Waals surface area contributed by atoms with Gasteiger partial charge in [0.05, 0.1) is 11.5 Å². The lowest BCUT2D eigenvalue weighted by atomic mass is 10.1. The van der Waals surface area contributed by atoms with Crippen molar-refractivity contribution in [2.75, 3.05) is 18.5 Å². The lowest BCUT2D eigenvalue weighted by Gasteiger charge is -2.09. The molecule has 2 aromatic carbocycles. The van der Waals surface area contributed by atoms with E-state index in [0.29, 0.717) is 5.02 Å². The fourth-order valence-corrected chi connectivity index (χ4v) is 2.31. The fourth-order valence-electron chi connectivity index (χ4n) is 2.10. The summed E-state index contributed by atoms with van der Waals surface area (Å²) in [7, 11) is 0. The Balaban J connectivity index is 2.11. The Morgan fingerprint density at radius 3 is 2.71 bits per heavy atom. The van der Waals surface area contributed by atoms with Crippen LogP contribution in [0, 0.1) is 10.1 Å². The van der Waals surface area contributed by atoms with Gasteiger partial charge in [-0.05, 0) is 29.8 Å². The van der Waals surface area contributed by atoms with Gasteiger partial charge in [-0.15, -0.1) is 0 Å². The molecule has 24 heavy (non-hydrogen) atoms. The second-order valence-electron chi connectivity index (χ2n) is 4.95. The highest BCUT2D eigenvalue weighted by Gasteiger charge is 2.17. The molecule has 0 aliphatic carbocycles. The molecular weight excluding hydrogens is 334 g/mol. The lowest BCUT2D eigenvalue weighted by Crippen LogP contribution is -2.23. The number of nitrogens with zero attached hydrogens (tertiary/aromatic N) is 1. The molecule has 3 N–H and O–H groups in total. The Kier molecular flexibility index (Phi) is 6.11. The highest BCUT2D eigenvalue weighted by Crippen LogP contribution is 2.25. The van der Waals surface area contributed by atoms with Crippen LogP contribution in [0.1, 0.15) is 15.9 Å². The Morgan fingerprint density at radius 1 is 1.25 bits per heavy atom. The third-order valence-corrected chi connectivity index (χ3v) is 3.46. The molecule has 0 spiro atoms. The van der Waals surface area contributed by atoms with Crippen molar-refractivity contribution in [3.8, 4) is 0 Å². The number of anilines is 1. The molecule has 0 unspecified atom stereocenters. The molecule has 2 aromatic rings. The molecule has 0 bridgehead atoms. The number of aliphatic hydroxyl groups excluding tert-OH is 1. The summed E-state index contributed by atoms with van der Waals surface area (Å²) >= 11 is 5.88. The average Bonchev–Trinajstić information content (AvgIpc) is 2.57. The molecule has 0 aromatic heterocycles. The second kappa shape index (κ2) is 8.28. The average molecular weight is 350 g/mol. The highest BCUT2D eigenvalue weighted by atomic mass is 35.5. The van der Waals surface area contributed by atoms with Gasteiger partial charge in [0, 0.05) is 29.7 Å². The zero-order chi connectivity index (χ0) is 17.5. The summed E-state index contributed by atoms with van der Waals surface area (Å²) in [5.41, 5.74) is 1.03. The van der Waals surface area contributed by atoms with Crippen LogP contribution in [-0.2, 0) is 6.54 Å². The molecule has 0 saturated carbocycles. The first-order chi connectivity index (χ1) is 11.5. The number of aliphatic hydroxyl groups is 1. The minimum Gasteiger partial charge on any atom is -0.395 e. The number of carbonyl (C=O) groups is 1. The molecule has 8 heteroatoms. The van der Waals surface area contributed by atoms with E-state index in [1.165, 1.54) is 18.2 Å². The predicted molar refractivity (Wildman–Crippen MR) is 91.3 cm³/mol. The number of nitro benzene ring substituents is 1. The maximum absolute atomic E-state index is 12.2. The summed E-state index contributed by atoms with van der Waals surface area (Å²) in [4.78, 5) is 22.7. The fraction of sp³-hybridized carbons (Fsp3) is 0.188. The van der Waals surface area contributed by atoms with E-state index in [4.69, 9.17) is 16.7 Å². The van der Waals surface area contributed by atoms with Crippen molar-refractivity contribution in [2.45, 2.75) is 6.54 Å². The van der Waals surface area contributed by atoms with E-state index in [1.807, 2.05) is 6.07 Å². The van der Waals surface area contributed by atoms with Gasteiger partial charge in [0.2, 0.25) is 0 Å². The zero-order valence-electron chi connectivity index (χ0n) is 12.7. The molecular formula is C16H16ClN3O4. The SMILES string of the molecule is O=C(NCc1cccc(Cl)c1)c1ccc(NCCO)c([N+](=O)[O-])c1. The van der Waals surface area contributed by atoms with Crippen LogP contribution in [0.15, 0.2) is 42.5 Å². The standard InChI is InChI=1S/C16H16ClN3O4/c17-13-3-1-2-11(8-13)10-19-16(22)12-4-5-14(18-6-7-21)15(9-12)20(23)24/h1-5,8-9,18,21H,6-7,10H2,(H,19,22). The highest BCUT2D eigenvalue weighted by molar-refractivity contribution is 6.30. The Morgan fingerprint density at radius 2 is 2.04 bits per heavy atom. The molecule has 7 nitrogen and oxygen atoms in total. The third-order valence-electron chi connectivity index (χ3n) is 3.23. The van der Waals surface area contributed by atoms with Gasteiger partial charge in [-0.3, -0.25) is 14.9 Å². The second-order valence-corrected chi connectivity index (χ2v) is 5.39. The van der Waals surface area contributed by atoms with Gasteiger partial charge >= 0.3 is 0 Å². The molecule has 0 fully saturated rings. The predicted octanol–water partition coefficient (Wildman–Crippen LogP) is 2.58. The van der Waals surface area contributed by atoms with E-state index in [-0.39, 0.29) is 36.6 Å². The van der Waals surface area contributed by atoms with Crippen molar-refractivity contribution >= 4 is 28.9 Å². The van der Waals surface area contributed by atoms with Crippen LogP contribution in [0.3, 0.4) is 0 Å². The van der Waals surface area contributed by atoms with Gasteiger partial charge in [0.25, 0.3) is 11.6 Å². The number of carbonyl (C=O) groups excluding carboxylic acids is 1. The van der Waals surface area contributed by atoms with Crippen LogP contribution >= 0.6 is 11.6 Å². The van der Waals surface area contributed by atoms with E-state index in [0.717, 1.165) is 5.56 Å². The van der Waals surface area contributed by atoms with Crippen LogP contribution < -0.4 is 10.6 Å². The molecule has 0 heterocycles. The monoisotopic (exact) mass is 349 g/mol. The maximum atomic E-state index is 12.2. The zero-order valence-corrected chi connectivity index (χ0v) is 13.4. The topological polar surface area (TPSA) is 104 Å². The van der Waals surface area contributed by atoms with Gasteiger partial charge in [0.1, 0.15) is 5.69 Å². The van der Waals surface area contributed by atoms with Gasteiger partial charge in [0.15, 0.2) is 0 Å². The van der Waals surface area contributed by atoms with Crippen LogP contribution in [-0.4, -0.2) is 29.1 Å². The van der Waals surface area contributed by atoms with E-state index in [2.05, 4.69) is 10.6 Å². The van der Waals surface area contributed by atoms with Crippen LogP contribution in [0.25, 0.3) is 0 Å². The van der Waals surface area contributed by atoms with Crippen molar-refractivity contribution in [1.82, 2.24) is 5.32 Å². The molecule has 0 saturated heterocycles. The van der Waals surface area contributed by atoms with Crippen molar-refractivity contribution in [1.29, 1.82) is 0 Å². The molecule has 0 aliphatic rings. The number of nitro groups is 1. The summed E-state index contributed by atoms with van der Waals surface area (Å²) in [6.07, 6.45) is 0. The number of hydrogen-bond acceptors (Lipinski definition) is 5. The quantitative estimate of drug-likeness (QED) is 0.526. The number of amides is 1. The lowest BCUT2D eigenvalue weighted by molar-refractivity contribution is -0.384. The normalized spacial score (nSPS) is 10.2. The van der Waals surface area contributed by atoms with Crippen LogP contribution in [0.5, 0.6) is 0 Å². The molecule has 0 radical (unpaired) electrons. The van der Waals surface area contributed by atoms with Crippen molar-refractivity contribution in [3.63, 3.8) is 0 Å². The molecule has 1 amide bonds. The summed E-state index contributed by atoms with van der Waals surface area (Å²) < 4.78 is 0. The summed E-state index contributed by atoms with van der Waals surface area (Å²) in [5, 5.41) is 25.9. The number of halogens is 1. The van der Waals surface area contributed by atoms with E-state index in [1.54, 1.807) is 18.2 Å². The molecule has 2 rings (SSSR count). The van der Waals surface area contributed by atoms with Gasteiger partial charge in [-0.25, -0.2) is 0 Å². The smallest absolute Gasteiger partial charge is 0.293 e. The Hall–Kier alpha value is -2.64. The first kappa shape index (κ1) is 17.7. The first-order valence-electron chi connectivity index (χ1n) is 7.17. The molecule has 0 atom stereocenters. The number of rotatable bonds is 7. The van der Waals surface area contributed by atoms with Gasteiger partial charge in [-0.2, -0.15) is 0 Å². The largest absolute Gasteiger partial charge is 0.395 e. The van der Waals surface area contributed by atoms with Gasteiger partial charge in [-0.1, -0.05) is 23.7 Å². The Bertz CT molecular complexity index is 752. The molecule has 0 aliphatic heterocycles. The van der Waals surface area contributed by atoms with E-state index < -0.39 is 10.8 Å². The maximum Gasteiger partial charge on any atom is 0.293 e. The minimum absolute atomic E-state index is 0.154. The first-order valence-corrected chi connectivity index (χ1v) is 7.55. The number of benzene rings is 2. The summed E-state index contributed by atoms with van der Waals surface area (Å²) in [6, 6.07) is 11.2. The van der Waals surface area contributed by atoms with E-state index in [9.17, 15) is 14.9 Å². The Labute approximate surface area is 143 Å². The van der Waals surface area contributed by atoms with Crippen molar-refractivity contribution < 1.29 is 14.8 Å². The van der Waals surface area contributed by atoms with Crippen LogP contribution in [0.2, 0.25) is 5.02 Å². The summed E-state index contributed by atoms with van der Waals surface area (Å²) in [5.74, 6) is -0.424. The van der Waals surface area contributed by atoms with Crippen molar-refractivity contribution in [2.24, 2.45) is 0 Å². The third kappa shape index (κ3) is 4.68. The van der Waals surface area contributed by atoms with Crippen molar-refractivity contribution in [3.05, 3.63) is 68.7 Å². The van der Waals surface area contributed by atoms with E-state index >= 15 is 0 Å². The number of hydrogen-bond donors (Lipinski definition) is 3. The minimum atomic E-state index is -0.576. The van der Waals surface area contributed by atoms with Gasteiger partial charge < -0.3 is 15.7 Å². The number of nitrogens with one attached hydrogen (secondary N) is 2. The van der Waals surface area contributed by atoms with Crippen LogP contribution in [0.4, 0.5) is 11.4 Å².